The molecule has 3 heteroatoms. The Hall–Kier alpha value is -1.61. The minimum absolute atomic E-state index is 0.780. The summed E-state index contributed by atoms with van der Waals surface area (Å²) in [4.78, 5) is 13.8. The highest BCUT2D eigenvalue weighted by Gasteiger charge is 2.10. The quantitative estimate of drug-likeness (QED) is 0.712. The fourth-order valence-electron chi connectivity index (χ4n) is 1.88. The van der Waals surface area contributed by atoms with E-state index in [1.54, 1.807) is 0 Å². The van der Waals surface area contributed by atoms with Crippen molar-refractivity contribution in [1.82, 2.24) is 0 Å². The van der Waals surface area contributed by atoms with Crippen molar-refractivity contribution < 1.29 is 4.79 Å². The molecule has 0 fully saturated rings. The molecular weight excluding hydrogens is 242 g/mol. The van der Waals surface area contributed by atoms with E-state index in [4.69, 9.17) is 0 Å². The number of unbranched alkanes of at least 4 members (excludes halogenated alkanes) is 1. The van der Waals surface area contributed by atoms with Crippen LogP contribution in [0.25, 0.3) is 0 Å². The first-order valence-corrected chi connectivity index (χ1v) is 7.09. The Kier molecular flexibility index (Phi) is 4.53. The Morgan fingerprint density at radius 1 is 1.22 bits per heavy atom. The van der Waals surface area contributed by atoms with E-state index in [2.05, 4.69) is 24.0 Å². The van der Waals surface area contributed by atoms with Crippen molar-refractivity contribution in [3.8, 4) is 0 Å². The average molecular weight is 259 g/mol. The van der Waals surface area contributed by atoms with E-state index in [1.165, 1.54) is 17.0 Å². The molecule has 0 saturated carbocycles. The van der Waals surface area contributed by atoms with Crippen molar-refractivity contribution in [3.63, 3.8) is 0 Å². The summed E-state index contributed by atoms with van der Waals surface area (Å²) in [6.45, 7) is 3.17. The first-order valence-electron chi connectivity index (χ1n) is 6.21. The van der Waals surface area contributed by atoms with Gasteiger partial charge in [-0.1, -0.05) is 31.5 Å². The zero-order chi connectivity index (χ0) is 12.8. The van der Waals surface area contributed by atoms with E-state index in [9.17, 15) is 4.79 Å². The fourth-order valence-corrected chi connectivity index (χ4v) is 2.57. The minimum Gasteiger partial charge on any atom is -0.341 e. The molecule has 1 aromatic carbocycles. The standard InChI is InChI=1S/C15H17NOS/c1-2-3-9-16(13-7-5-4-6-8-13)14-10-15(11-17)18-12-14/h4-8,10-12H,2-3,9H2,1H3. The van der Waals surface area contributed by atoms with Crippen LogP contribution >= 0.6 is 11.3 Å². The van der Waals surface area contributed by atoms with E-state index in [1.807, 2.05) is 29.6 Å². The third-order valence-electron chi connectivity index (χ3n) is 2.84. The van der Waals surface area contributed by atoms with Gasteiger partial charge >= 0.3 is 0 Å². The number of rotatable bonds is 6. The van der Waals surface area contributed by atoms with Crippen LogP contribution in [-0.4, -0.2) is 12.8 Å². The Morgan fingerprint density at radius 3 is 2.61 bits per heavy atom. The first kappa shape index (κ1) is 12.8. The molecule has 0 unspecified atom stereocenters. The summed E-state index contributed by atoms with van der Waals surface area (Å²) < 4.78 is 0. The minimum atomic E-state index is 0.780. The van der Waals surface area contributed by atoms with Crippen molar-refractivity contribution in [2.45, 2.75) is 19.8 Å². The third kappa shape index (κ3) is 2.99. The van der Waals surface area contributed by atoms with Gasteiger partial charge in [-0.15, -0.1) is 11.3 Å². The largest absolute Gasteiger partial charge is 0.341 e. The molecule has 0 bridgehead atoms. The van der Waals surface area contributed by atoms with Crippen LogP contribution in [0.4, 0.5) is 11.4 Å². The molecule has 18 heavy (non-hydrogen) atoms. The second kappa shape index (κ2) is 6.36. The van der Waals surface area contributed by atoms with Crippen LogP contribution in [0.5, 0.6) is 0 Å². The lowest BCUT2D eigenvalue weighted by Crippen LogP contribution is -2.17. The van der Waals surface area contributed by atoms with Crippen LogP contribution in [0.15, 0.2) is 41.8 Å². The van der Waals surface area contributed by atoms with Gasteiger partial charge < -0.3 is 4.90 Å². The Labute approximate surface area is 112 Å². The number of carbonyl (C=O) groups is 1. The maximum atomic E-state index is 10.8. The van der Waals surface area contributed by atoms with E-state index in [-0.39, 0.29) is 0 Å². The number of anilines is 2. The zero-order valence-electron chi connectivity index (χ0n) is 10.5. The van der Waals surface area contributed by atoms with Crippen LogP contribution in [-0.2, 0) is 0 Å². The summed E-state index contributed by atoms with van der Waals surface area (Å²) in [5.41, 5.74) is 2.29. The highest BCUT2D eigenvalue weighted by Crippen LogP contribution is 2.29. The third-order valence-corrected chi connectivity index (χ3v) is 3.68. The predicted molar refractivity (Wildman–Crippen MR) is 78.1 cm³/mol. The van der Waals surface area contributed by atoms with Crippen LogP contribution in [0.3, 0.4) is 0 Å². The lowest BCUT2D eigenvalue weighted by atomic mass is 10.2. The van der Waals surface area contributed by atoms with Crippen molar-refractivity contribution in [3.05, 3.63) is 46.7 Å². The number of para-hydroxylation sites is 1. The van der Waals surface area contributed by atoms with E-state index >= 15 is 0 Å². The summed E-state index contributed by atoms with van der Waals surface area (Å²) in [6.07, 6.45) is 3.21. The van der Waals surface area contributed by atoms with Crippen molar-refractivity contribution >= 4 is 29.0 Å². The molecule has 94 valence electrons. The van der Waals surface area contributed by atoms with Crippen LogP contribution in [0.1, 0.15) is 29.4 Å². The number of hydrogen-bond donors (Lipinski definition) is 0. The Balaban J connectivity index is 2.27. The molecule has 0 atom stereocenters. The van der Waals surface area contributed by atoms with Gasteiger partial charge in [0.1, 0.15) is 0 Å². The Bertz CT molecular complexity index is 492. The van der Waals surface area contributed by atoms with E-state index in [0.29, 0.717) is 0 Å². The number of carbonyl (C=O) groups excluding carboxylic acids is 1. The van der Waals surface area contributed by atoms with Crippen molar-refractivity contribution in [2.75, 3.05) is 11.4 Å². The van der Waals surface area contributed by atoms with Crippen molar-refractivity contribution in [2.24, 2.45) is 0 Å². The van der Waals surface area contributed by atoms with Gasteiger partial charge in [-0.2, -0.15) is 0 Å². The molecule has 1 aromatic heterocycles. The molecule has 0 aliphatic heterocycles. The molecule has 0 amide bonds. The van der Waals surface area contributed by atoms with E-state index in [0.717, 1.165) is 36.2 Å². The van der Waals surface area contributed by atoms with Gasteiger partial charge in [0.2, 0.25) is 0 Å². The van der Waals surface area contributed by atoms with Gasteiger partial charge in [0.25, 0.3) is 0 Å². The molecule has 0 spiro atoms. The predicted octanol–water partition coefficient (Wildman–Crippen LogP) is 4.50. The number of benzene rings is 1. The van der Waals surface area contributed by atoms with Gasteiger partial charge in [-0.3, -0.25) is 4.79 Å². The maximum Gasteiger partial charge on any atom is 0.160 e. The second-order valence-corrected chi connectivity index (χ2v) is 5.11. The lowest BCUT2D eigenvalue weighted by molar-refractivity contribution is 0.112. The molecule has 0 aliphatic rings. The first-order chi connectivity index (χ1) is 8.85. The van der Waals surface area contributed by atoms with Crippen LogP contribution < -0.4 is 4.90 Å². The summed E-state index contributed by atoms with van der Waals surface area (Å²) in [5.74, 6) is 0. The summed E-state index contributed by atoms with van der Waals surface area (Å²) in [6, 6.07) is 12.3. The van der Waals surface area contributed by atoms with Gasteiger partial charge in [0.05, 0.1) is 10.6 Å². The number of hydrogen-bond acceptors (Lipinski definition) is 3. The van der Waals surface area contributed by atoms with Crippen LogP contribution in [0, 0.1) is 0 Å². The number of aldehydes is 1. The van der Waals surface area contributed by atoms with Gasteiger partial charge in [0.15, 0.2) is 6.29 Å². The monoisotopic (exact) mass is 259 g/mol. The number of thiophene rings is 1. The lowest BCUT2D eigenvalue weighted by Gasteiger charge is -2.23. The summed E-state index contributed by atoms with van der Waals surface area (Å²) in [7, 11) is 0. The molecule has 0 aliphatic carbocycles. The van der Waals surface area contributed by atoms with Gasteiger partial charge in [0, 0.05) is 17.6 Å². The van der Waals surface area contributed by atoms with E-state index < -0.39 is 0 Å². The van der Waals surface area contributed by atoms with Crippen molar-refractivity contribution in [1.29, 1.82) is 0 Å². The SMILES string of the molecule is CCCCN(c1ccccc1)c1csc(C=O)c1. The maximum absolute atomic E-state index is 10.8. The highest BCUT2D eigenvalue weighted by atomic mass is 32.1. The summed E-state index contributed by atoms with van der Waals surface area (Å²) >= 11 is 1.50. The second-order valence-electron chi connectivity index (χ2n) is 4.17. The molecule has 2 rings (SSSR count). The molecule has 2 nitrogen and oxygen atoms in total. The zero-order valence-corrected chi connectivity index (χ0v) is 11.3. The van der Waals surface area contributed by atoms with Gasteiger partial charge in [-0.25, -0.2) is 0 Å². The highest BCUT2D eigenvalue weighted by molar-refractivity contribution is 7.12. The van der Waals surface area contributed by atoms with Gasteiger partial charge in [-0.05, 0) is 24.6 Å². The fraction of sp³-hybridized carbons (Fsp3) is 0.267. The number of nitrogens with zero attached hydrogens (tertiary/aromatic N) is 1. The molecule has 2 aromatic rings. The molecule has 0 N–H and O–H groups in total. The molecule has 0 saturated heterocycles. The molecule has 0 radical (unpaired) electrons. The molecule has 1 heterocycles. The topological polar surface area (TPSA) is 20.3 Å². The van der Waals surface area contributed by atoms with Crippen LogP contribution in [0.2, 0.25) is 0 Å². The normalized spacial score (nSPS) is 10.3. The molecular formula is C15H17NOS. The Morgan fingerprint density at radius 2 is 2.00 bits per heavy atom. The average Bonchev–Trinajstić information content (AvgIpc) is 2.89. The smallest absolute Gasteiger partial charge is 0.160 e. The summed E-state index contributed by atoms with van der Waals surface area (Å²) in [5, 5.41) is 2.05.